The monoisotopic (exact) mass is 188 g/mol. The van der Waals surface area contributed by atoms with Crippen LogP contribution in [0.2, 0.25) is 0 Å². The van der Waals surface area contributed by atoms with Crippen LogP contribution in [-0.2, 0) is 14.3 Å². The third-order valence-corrected chi connectivity index (χ3v) is 1.31. The van der Waals surface area contributed by atoms with Gasteiger partial charge in [0, 0.05) is 5.41 Å². The van der Waals surface area contributed by atoms with E-state index in [1.807, 2.05) is 0 Å². The van der Waals surface area contributed by atoms with E-state index in [0.717, 1.165) is 6.08 Å². The van der Waals surface area contributed by atoms with Crippen LogP contribution in [0.1, 0.15) is 20.8 Å². The van der Waals surface area contributed by atoms with Gasteiger partial charge in [0.15, 0.2) is 0 Å². The van der Waals surface area contributed by atoms with E-state index in [1.54, 1.807) is 20.8 Å². The Kier molecular flexibility index (Phi) is 4.48. The van der Waals surface area contributed by atoms with E-state index in [0.29, 0.717) is 0 Å². The molecule has 0 radical (unpaired) electrons. The Bertz CT molecular complexity index is 190. The van der Waals surface area contributed by atoms with Gasteiger partial charge in [-0.3, -0.25) is 0 Å². The van der Waals surface area contributed by atoms with Crippen molar-refractivity contribution in [3.05, 3.63) is 12.3 Å². The molecule has 13 heavy (non-hydrogen) atoms. The molecule has 0 saturated carbocycles. The lowest BCUT2D eigenvalue weighted by Gasteiger charge is -2.24. The lowest BCUT2D eigenvalue weighted by atomic mass is 9.96. The van der Waals surface area contributed by atoms with Crippen LogP contribution in [-0.4, -0.2) is 24.5 Å². The molecule has 0 aromatic carbocycles. The molecule has 1 N–H and O–H groups in total. The van der Waals surface area contributed by atoms with E-state index in [-0.39, 0.29) is 0 Å². The first kappa shape index (κ1) is 12.0. The van der Waals surface area contributed by atoms with E-state index >= 15 is 0 Å². The molecule has 0 bridgehead atoms. The summed E-state index contributed by atoms with van der Waals surface area (Å²) in [5, 5.41) is 9.34. The quantitative estimate of drug-likeness (QED) is 0.311. The topological polar surface area (TPSA) is 55.8 Å². The average molecular weight is 188 g/mol. The maximum absolute atomic E-state index is 10.9. The second kappa shape index (κ2) is 4.87. The number of carbonyl (C=O) groups excluding carboxylic acids is 1. The first-order chi connectivity index (χ1) is 5.88. The molecule has 0 rings (SSSR count). The number of methoxy groups -OCH3 is 1. The predicted octanol–water partition coefficient (Wildman–Crippen LogP) is 1.05. The van der Waals surface area contributed by atoms with Crippen LogP contribution in [0.25, 0.3) is 0 Å². The van der Waals surface area contributed by atoms with Gasteiger partial charge >= 0.3 is 5.97 Å². The zero-order valence-corrected chi connectivity index (χ0v) is 8.40. The summed E-state index contributed by atoms with van der Waals surface area (Å²) >= 11 is 0. The number of aliphatic hydroxyl groups is 1. The number of hydrogen-bond donors (Lipinski definition) is 1. The summed E-state index contributed by atoms with van der Waals surface area (Å²) in [7, 11) is 1.42. The maximum atomic E-state index is 10.9. The summed E-state index contributed by atoms with van der Waals surface area (Å²) in [5.74, 6) is -0.621. The predicted molar refractivity (Wildman–Crippen MR) is 47.7 cm³/mol. The molecule has 0 spiro atoms. The summed E-state index contributed by atoms with van der Waals surface area (Å²) in [4.78, 5) is 10.9. The summed E-state index contributed by atoms with van der Waals surface area (Å²) in [5.41, 5.74) is -0.476. The molecule has 76 valence electrons. The van der Waals surface area contributed by atoms with Crippen LogP contribution in [0, 0.1) is 5.41 Å². The molecule has 0 heterocycles. The lowest BCUT2D eigenvalue weighted by Crippen LogP contribution is -2.30. The Morgan fingerprint density at radius 2 is 2.00 bits per heavy atom. The van der Waals surface area contributed by atoms with Gasteiger partial charge in [-0.25, -0.2) is 4.79 Å². The summed E-state index contributed by atoms with van der Waals surface area (Å²) in [6, 6.07) is 0. The van der Waals surface area contributed by atoms with Crippen molar-refractivity contribution in [2.45, 2.75) is 27.1 Å². The summed E-state index contributed by atoms with van der Waals surface area (Å²) < 4.78 is 9.18. The number of rotatable bonds is 3. The highest BCUT2D eigenvalue weighted by Gasteiger charge is 2.25. The van der Waals surface area contributed by atoms with E-state index in [2.05, 4.69) is 9.47 Å². The van der Waals surface area contributed by atoms with Crippen molar-refractivity contribution in [2.75, 3.05) is 7.11 Å². The minimum absolute atomic E-state index is 0.476. The minimum atomic E-state index is -1.11. The zero-order valence-electron chi connectivity index (χ0n) is 8.40. The normalized spacial score (nSPS) is 14.2. The van der Waals surface area contributed by atoms with Gasteiger partial charge in [-0.1, -0.05) is 20.8 Å². The van der Waals surface area contributed by atoms with Crippen LogP contribution in [0.15, 0.2) is 12.3 Å². The van der Waals surface area contributed by atoms with Crippen LogP contribution < -0.4 is 0 Å². The molecule has 4 nitrogen and oxygen atoms in total. The van der Waals surface area contributed by atoms with Gasteiger partial charge < -0.3 is 14.6 Å². The Hall–Kier alpha value is -1.03. The molecule has 0 aliphatic heterocycles. The second-order valence-electron chi connectivity index (χ2n) is 3.69. The molecular formula is C9H16O4. The molecule has 0 aliphatic carbocycles. The molecule has 0 amide bonds. The van der Waals surface area contributed by atoms with Crippen LogP contribution in [0.4, 0.5) is 0 Å². The minimum Gasteiger partial charge on any atom is -0.504 e. The van der Waals surface area contributed by atoms with Gasteiger partial charge in [0.05, 0.1) is 19.4 Å². The highest BCUT2D eigenvalue weighted by Crippen LogP contribution is 2.19. The zero-order chi connectivity index (χ0) is 10.5. The van der Waals surface area contributed by atoms with Gasteiger partial charge in [0.2, 0.25) is 6.29 Å². The van der Waals surface area contributed by atoms with Gasteiger partial charge in [-0.05, 0) is 0 Å². The van der Waals surface area contributed by atoms with Gasteiger partial charge in [0.1, 0.15) is 0 Å². The molecule has 0 aliphatic rings. The van der Waals surface area contributed by atoms with Crippen molar-refractivity contribution in [3.63, 3.8) is 0 Å². The third-order valence-electron chi connectivity index (χ3n) is 1.31. The second-order valence-corrected chi connectivity index (χ2v) is 3.69. The first-order valence-electron chi connectivity index (χ1n) is 3.96. The molecule has 1 atom stereocenters. The number of ether oxygens (including phenoxy) is 2. The van der Waals surface area contributed by atoms with Gasteiger partial charge in [-0.2, -0.15) is 0 Å². The van der Waals surface area contributed by atoms with Crippen molar-refractivity contribution >= 4 is 5.97 Å². The average Bonchev–Trinajstić information content (AvgIpc) is 1.99. The molecule has 0 saturated heterocycles. The molecule has 0 fully saturated rings. The molecule has 0 aromatic heterocycles. The number of aliphatic hydroxyl groups excluding tert-OH is 1. The number of carbonyl (C=O) groups is 1. The van der Waals surface area contributed by atoms with Crippen molar-refractivity contribution < 1.29 is 19.4 Å². The van der Waals surface area contributed by atoms with E-state index in [1.165, 1.54) is 13.4 Å². The summed E-state index contributed by atoms with van der Waals surface area (Å²) in [6.07, 6.45) is 1.19. The fourth-order valence-corrected chi connectivity index (χ4v) is 0.450. The Balaban J connectivity index is 4.00. The molecule has 1 unspecified atom stereocenters. The van der Waals surface area contributed by atoms with Crippen LogP contribution in [0.5, 0.6) is 0 Å². The fourth-order valence-electron chi connectivity index (χ4n) is 0.450. The first-order valence-corrected chi connectivity index (χ1v) is 3.96. The van der Waals surface area contributed by atoms with Gasteiger partial charge in [-0.15, -0.1) is 0 Å². The smallest absolute Gasteiger partial charge is 0.336 e. The van der Waals surface area contributed by atoms with E-state index in [9.17, 15) is 9.90 Å². The van der Waals surface area contributed by atoms with Gasteiger partial charge in [0.25, 0.3) is 0 Å². The largest absolute Gasteiger partial charge is 0.504 e. The van der Waals surface area contributed by atoms with Crippen molar-refractivity contribution in [3.8, 4) is 0 Å². The highest BCUT2D eigenvalue weighted by atomic mass is 16.6. The standard InChI is InChI=1S/C9H16O4/c1-9(2,3)8(11)13-7(10)5-6-12-4/h5-6,8,11H,1-4H3. The Morgan fingerprint density at radius 1 is 1.46 bits per heavy atom. The Morgan fingerprint density at radius 3 is 2.38 bits per heavy atom. The maximum Gasteiger partial charge on any atom is 0.336 e. The highest BCUT2D eigenvalue weighted by molar-refractivity contribution is 5.81. The van der Waals surface area contributed by atoms with Crippen LogP contribution >= 0.6 is 0 Å². The van der Waals surface area contributed by atoms with E-state index < -0.39 is 17.7 Å². The molecular weight excluding hydrogens is 172 g/mol. The number of hydrogen-bond acceptors (Lipinski definition) is 4. The number of esters is 1. The van der Waals surface area contributed by atoms with Crippen molar-refractivity contribution in [1.82, 2.24) is 0 Å². The van der Waals surface area contributed by atoms with E-state index in [4.69, 9.17) is 0 Å². The molecule has 4 heteroatoms. The van der Waals surface area contributed by atoms with Crippen LogP contribution in [0.3, 0.4) is 0 Å². The molecule has 0 aromatic rings. The lowest BCUT2D eigenvalue weighted by molar-refractivity contribution is -0.180. The SMILES string of the molecule is COC=CC(=O)OC(O)C(C)(C)C. The van der Waals surface area contributed by atoms with Crippen molar-refractivity contribution in [1.29, 1.82) is 0 Å². The Labute approximate surface area is 78.2 Å². The van der Waals surface area contributed by atoms with Crippen molar-refractivity contribution in [2.24, 2.45) is 5.41 Å². The summed E-state index contributed by atoms with van der Waals surface area (Å²) in [6.45, 7) is 5.31. The fraction of sp³-hybridized carbons (Fsp3) is 0.667. The third kappa shape index (κ3) is 5.25.